The van der Waals surface area contributed by atoms with Crippen molar-refractivity contribution in [2.75, 3.05) is 21.2 Å². The fourth-order valence-corrected chi connectivity index (χ4v) is 4.78. The van der Waals surface area contributed by atoms with Crippen LogP contribution in [0.2, 0.25) is 0 Å². The number of carbonyl (C=O) groups excluding carboxylic acids is 4. The number of nitrogens with zero attached hydrogens (tertiary/aromatic N) is 2. The lowest BCUT2D eigenvalue weighted by Crippen LogP contribution is -2.57. The van der Waals surface area contributed by atoms with Crippen LogP contribution < -0.4 is 10.5 Å². The number of ether oxygens (including phenoxy) is 1. The molecule has 214 valence electrons. The number of methoxy groups -OCH3 is 1. The van der Waals surface area contributed by atoms with Crippen molar-refractivity contribution >= 4 is 23.5 Å². The van der Waals surface area contributed by atoms with Crippen LogP contribution in [0.3, 0.4) is 0 Å². The summed E-state index contributed by atoms with van der Waals surface area (Å²) in [5.41, 5.74) is 6.42. The van der Waals surface area contributed by atoms with Crippen LogP contribution in [0.4, 0.5) is 0 Å². The Morgan fingerprint density at radius 2 is 1.39 bits per heavy atom. The zero-order valence-corrected chi connectivity index (χ0v) is 24.5. The molecule has 0 fully saturated rings. The number of amides is 3. The summed E-state index contributed by atoms with van der Waals surface area (Å²) in [4.78, 5) is 54.8. The number of rotatable bonds is 18. The lowest BCUT2D eigenvalue weighted by molar-refractivity contribution is -0.150. The molecule has 2 N–H and O–H groups in total. The smallest absolute Gasteiger partial charge is 0.246 e. The van der Waals surface area contributed by atoms with Crippen LogP contribution in [0.25, 0.3) is 0 Å². The van der Waals surface area contributed by atoms with E-state index in [0.717, 1.165) is 24.8 Å². The Balaban J connectivity index is 3.03. The van der Waals surface area contributed by atoms with Crippen molar-refractivity contribution in [1.82, 2.24) is 9.80 Å². The van der Waals surface area contributed by atoms with Crippen LogP contribution in [-0.2, 0) is 25.6 Å². The largest absolute Gasteiger partial charge is 0.497 e. The molecular weight excluding hydrogens is 482 g/mol. The third-order valence-electron chi connectivity index (χ3n) is 7.26. The van der Waals surface area contributed by atoms with Gasteiger partial charge in [-0.3, -0.25) is 19.2 Å². The number of likely N-dealkylation sites (N-methyl/N-ethyl adjacent to an activating group) is 2. The van der Waals surface area contributed by atoms with E-state index >= 15 is 0 Å². The van der Waals surface area contributed by atoms with E-state index in [2.05, 4.69) is 6.92 Å². The van der Waals surface area contributed by atoms with Gasteiger partial charge in [0.05, 0.1) is 13.0 Å². The Hall–Kier alpha value is -2.90. The monoisotopic (exact) mass is 531 g/mol. The fourth-order valence-electron chi connectivity index (χ4n) is 4.78. The second kappa shape index (κ2) is 16.8. The van der Waals surface area contributed by atoms with Gasteiger partial charge in [0.25, 0.3) is 0 Å². The van der Waals surface area contributed by atoms with E-state index in [1.54, 1.807) is 33.2 Å². The van der Waals surface area contributed by atoms with Gasteiger partial charge < -0.3 is 20.3 Å². The summed E-state index contributed by atoms with van der Waals surface area (Å²) in [6.45, 7) is 7.43. The molecule has 0 aliphatic carbocycles. The average molecular weight is 532 g/mol. The van der Waals surface area contributed by atoms with Gasteiger partial charge in [0, 0.05) is 26.9 Å². The van der Waals surface area contributed by atoms with Crippen molar-refractivity contribution in [1.29, 1.82) is 0 Å². The van der Waals surface area contributed by atoms with Crippen molar-refractivity contribution in [3.63, 3.8) is 0 Å². The van der Waals surface area contributed by atoms with E-state index in [-0.39, 0.29) is 18.1 Å². The van der Waals surface area contributed by atoms with Gasteiger partial charge in [0.15, 0.2) is 0 Å². The minimum absolute atomic E-state index is 0.114. The third-order valence-corrected chi connectivity index (χ3v) is 7.26. The maximum Gasteiger partial charge on any atom is 0.246 e. The van der Waals surface area contributed by atoms with Crippen molar-refractivity contribution < 1.29 is 23.9 Å². The van der Waals surface area contributed by atoms with Crippen LogP contribution >= 0.6 is 0 Å². The van der Waals surface area contributed by atoms with Crippen molar-refractivity contribution in [2.24, 2.45) is 17.6 Å². The van der Waals surface area contributed by atoms with E-state index in [0.29, 0.717) is 12.2 Å². The molecule has 8 nitrogen and oxygen atoms in total. The number of benzene rings is 1. The minimum Gasteiger partial charge on any atom is -0.497 e. The molecule has 1 aromatic rings. The predicted octanol–water partition coefficient (Wildman–Crippen LogP) is 4.38. The topological polar surface area (TPSA) is 110 Å². The summed E-state index contributed by atoms with van der Waals surface area (Å²) in [5, 5.41) is 0. The molecule has 0 aliphatic heterocycles. The van der Waals surface area contributed by atoms with E-state index in [1.807, 2.05) is 26.0 Å². The van der Waals surface area contributed by atoms with Crippen LogP contribution in [0.5, 0.6) is 5.75 Å². The Kier molecular flexibility index (Phi) is 14.7. The lowest BCUT2D eigenvalue weighted by atomic mass is 9.96. The molecule has 3 atom stereocenters. The third kappa shape index (κ3) is 10.1. The number of carbonyl (C=O) groups is 4. The first kappa shape index (κ1) is 33.1. The van der Waals surface area contributed by atoms with Gasteiger partial charge >= 0.3 is 0 Å². The number of nitrogens with two attached hydrogens (primary N) is 1. The highest BCUT2D eigenvalue weighted by molar-refractivity contribution is 6.02. The van der Waals surface area contributed by atoms with E-state index in [9.17, 15) is 19.2 Å². The molecule has 0 unspecified atom stereocenters. The molecule has 38 heavy (non-hydrogen) atoms. The summed E-state index contributed by atoms with van der Waals surface area (Å²) >= 11 is 0. The standard InChI is InChI=1S/C30H49N3O5/c1-8-9-10-11-12-13-14-15-26(34)22(4)29(36)32(5)25(20-23-16-18-24(38-7)19-17-23)30(37)33(6)27(21(2)3)28(31)35/h16-19,21-22,25,27H,8-15,20H2,1-7H3,(H2,31,35)/t22-,25-,27+/m1/s1. The number of hydrogen-bond donors (Lipinski definition) is 1. The summed E-state index contributed by atoms with van der Waals surface area (Å²) in [6.07, 6.45) is 8.22. The maximum absolute atomic E-state index is 13.7. The van der Waals surface area contributed by atoms with E-state index < -0.39 is 35.7 Å². The maximum atomic E-state index is 13.7. The number of hydrogen-bond acceptors (Lipinski definition) is 5. The Morgan fingerprint density at radius 1 is 0.842 bits per heavy atom. The van der Waals surface area contributed by atoms with Gasteiger partial charge in [-0.25, -0.2) is 0 Å². The highest BCUT2D eigenvalue weighted by Gasteiger charge is 2.37. The lowest BCUT2D eigenvalue weighted by Gasteiger charge is -2.36. The van der Waals surface area contributed by atoms with Crippen molar-refractivity contribution in [2.45, 2.75) is 97.6 Å². The predicted molar refractivity (Wildman–Crippen MR) is 151 cm³/mol. The van der Waals surface area contributed by atoms with Crippen LogP contribution in [0, 0.1) is 11.8 Å². The van der Waals surface area contributed by atoms with Gasteiger partial charge in [-0.15, -0.1) is 0 Å². The normalized spacial score (nSPS) is 13.5. The SMILES string of the molecule is CCCCCCCCCC(=O)[C@@H](C)C(=O)N(C)[C@H](Cc1ccc(OC)cc1)C(=O)N(C)[C@H](C(N)=O)C(C)C. The minimum atomic E-state index is -0.907. The molecule has 8 heteroatoms. The van der Waals surface area contributed by atoms with Gasteiger partial charge in [-0.05, 0) is 37.0 Å². The molecule has 1 rings (SSSR count). The van der Waals surface area contributed by atoms with Crippen molar-refractivity contribution in [3.8, 4) is 5.75 Å². The van der Waals surface area contributed by atoms with Crippen molar-refractivity contribution in [3.05, 3.63) is 29.8 Å². The molecule has 0 heterocycles. The zero-order chi connectivity index (χ0) is 28.8. The second-order valence-corrected chi connectivity index (χ2v) is 10.6. The average Bonchev–Trinajstić information content (AvgIpc) is 2.89. The molecule has 3 amide bonds. The number of unbranched alkanes of at least 4 members (excludes halogenated alkanes) is 6. The molecule has 0 saturated carbocycles. The molecule has 0 spiro atoms. The Morgan fingerprint density at radius 3 is 1.89 bits per heavy atom. The number of ketones is 1. The Bertz CT molecular complexity index is 900. The molecule has 0 radical (unpaired) electrons. The summed E-state index contributed by atoms with van der Waals surface area (Å²) < 4.78 is 5.22. The highest BCUT2D eigenvalue weighted by atomic mass is 16.5. The second-order valence-electron chi connectivity index (χ2n) is 10.6. The highest BCUT2D eigenvalue weighted by Crippen LogP contribution is 2.20. The van der Waals surface area contributed by atoms with Gasteiger partial charge in [-0.1, -0.05) is 71.4 Å². The zero-order valence-electron chi connectivity index (χ0n) is 24.5. The molecule has 0 aromatic heterocycles. The summed E-state index contributed by atoms with van der Waals surface area (Å²) in [5.74, 6) is -1.90. The quantitative estimate of drug-likeness (QED) is 0.223. The van der Waals surface area contributed by atoms with Crippen LogP contribution in [0.1, 0.15) is 84.6 Å². The number of Topliss-reactive ketones (excluding diaryl/α,β-unsaturated/α-hetero) is 1. The molecular formula is C30H49N3O5. The molecule has 1 aromatic carbocycles. The van der Waals surface area contributed by atoms with Crippen LogP contribution in [-0.4, -0.2) is 66.6 Å². The first-order chi connectivity index (χ1) is 18.0. The van der Waals surface area contributed by atoms with E-state index in [4.69, 9.17) is 10.5 Å². The van der Waals surface area contributed by atoms with Gasteiger partial charge in [-0.2, -0.15) is 0 Å². The van der Waals surface area contributed by atoms with Gasteiger partial charge in [0.2, 0.25) is 17.7 Å². The molecule has 0 bridgehead atoms. The molecule has 0 saturated heterocycles. The summed E-state index contributed by atoms with van der Waals surface area (Å²) in [7, 11) is 4.66. The summed E-state index contributed by atoms with van der Waals surface area (Å²) in [6, 6.07) is 5.52. The number of primary amides is 1. The van der Waals surface area contributed by atoms with Crippen LogP contribution in [0.15, 0.2) is 24.3 Å². The Labute approximate surface area is 229 Å². The van der Waals surface area contributed by atoms with E-state index in [1.165, 1.54) is 42.5 Å². The first-order valence-electron chi connectivity index (χ1n) is 13.9. The van der Waals surface area contributed by atoms with Gasteiger partial charge in [0.1, 0.15) is 23.6 Å². The molecule has 0 aliphatic rings. The first-order valence-corrected chi connectivity index (χ1v) is 13.9. The fraction of sp³-hybridized carbons (Fsp3) is 0.667.